The maximum atomic E-state index is 10.8. The summed E-state index contributed by atoms with van der Waals surface area (Å²) in [4.78, 5) is 10.8. The molecule has 4 N–H and O–H groups in total. The maximum Gasteiger partial charge on any atom is 0.320 e. The number of aliphatic hydroxyl groups is 1. The number of carboxylic acids is 1. The first-order valence-corrected chi connectivity index (χ1v) is 5.22. The first-order valence-electron chi connectivity index (χ1n) is 5.22. The highest BCUT2D eigenvalue weighted by molar-refractivity contribution is 5.73. The zero-order valence-electron chi connectivity index (χ0n) is 9.21. The van der Waals surface area contributed by atoms with Crippen molar-refractivity contribution in [1.29, 1.82) is 0 Å². The Morgan fingerprint density at radius 3 is 2.38 bits per heavy atom. The fourth-order valence-corrected chi connectivity index (χ4v) is 1.67. The summed E-state index contributed by atoms with van der Waals surface area (Å²) in [5.74, 6) is -1.55. The molecule has 4 nitrogen and oxygen atoms in total. The minimum absolute atomic E-state index is 0.464. The van der Waals surface area contributed by atoms with Gasteiger partial charge in [-0.1, -0.05) is 30.3 Å². The standard InChI is InChI=1S/C12H17NO3/c1-8(14)10(11(13)12(15)16)7-9-5-3-2-4-6-9/h2-6,8,10-11,14H,7,13H2,1H3,(H,15,16)/t8-,10-,11+/m0/s1. The molecular weight excluding hydrogens is 206 g/mol. The SMILES string of the molecule is C[C@H](O)[C@H](Cc1ccccc1)[C@@H](N)C(=O)O. The van der Waals surface area contributed by atoms with Crippen LogP contribution < -0.4 is 5.73 Å². The van der Waals surface area contributed by atoms with Crippen LogP contribution in [0, 0.1) is 5.92 Å². The fourth-order valence-electron chi connectivity index (χ4n) is 1.67. The van der Waals surface area contributed by atoms with Crippen LogP contribution in [0.2, 0.25) is 0 Å². The second kappa shape index (κ2) is 5.63. The number of hydrogen-bond donors (Lipinski definition) is 3. The van der Waals surface area contributed by atoms with E-state index >= 15 is 0 Å². The predicted molar refractivity (Wildman–Crippen MR) is 60.9 cm³/mol. The first kappa shape index (κ1) is 12.7. The molecule has 0 bridgehead atoms. The molecule has 0 heterocycles. The highest BCUT2D eigenvalue weighted by atomic mass is 16.4. The molecule has 0 radical (unpaired) electrons. The van der Waals surface area contributed by atoms with Crippen molar-refractivity contribution in [3.8, 4) is 0 Å². The number of aliphatic hydroxyl groups excluding tert-OH is 1. The van der Waals surface area contributed by atoms with Gasteiger partial charge in [0.15, 0.2) is 0 Å². The van der Waals surface area contributed by atoms with E-state index in [1.165, 1.54) is 0 Å². The lowest BCUT2D eigenvalue weighted by molar-refractivity contribution is -0.141. The van der Waals surface area contributed by atoms with Crippen LogP contribution in [0.1, 0.15) is 12.5 Å². The van der Waals surface area contributed by atoms with Crippen molar-refractivity contribution in [1.82, 2.24) is 0 Å². The average Bonchev–Trinajstić information content (AvgIpc) is 2.26. The van der Waals surface area contributed by atoms with Gasteiger partial charge in [0.05, 0.1) is 6.10 Å². The molecule has 0 saturated heterocycles. The summed E-state index contributed by atoms with van der Waals surface area (Å²) >= 11 is 0. The Kier molecular flexibility index (Phi) is 4.46. The third-order valence-electron chi connectivity index (χ3n) is 2.68. The van der Waals surface area contributed by atoms with E-state index in [9.17, 15) is 9.90 Å². The molecule has 1 aromatic carbocycles. The van der Waals surface area contributed by atoms with Crippen molar-refractivity contribution in [2.75, 3.05) is 0 Å². The lowest BCUT2D eigenvalue weighted by Gasteiger charge is -2.23. The number of hydrogen-bond acceptors (Lipinski definition) is 3. The summed E-state index contributed by atoms with van der Waals surface area (Å²) in [6, 6.07) is 8.38. The van der Waals surface area contributed by atoms with Crippen LogP contribution in [0.3, 0.4) is 0 Å². The maximum absolute atomic E-state index is 10.8. The summed E-state index contributed by atoms with van der Waals surface area (Å²) in [7, 11) is 0. The molecule has 0 aliphatic carbocycles. The molecule has 1 aromatic rings. The molecule has 4 heteroatoms. The van der Waals surface area contributed by atoms with Gasteiger partial charge in [-0.2, -0.15) is 0 Å². The van der Waals surface area contributed by atoms with Gasteiger partial charge >= 0.3 is 5.97 Å². The summed E-state index contributed by atoms with van der Waals surface area (Å²) in [5.41, 5.74) is 6.53. The van der Waals surface area contributed by atoms with Crippen molar-refractivity contribution in [3.05, 3.63) is 35.9 Å². The summed E-state index contributed by atoms with van der Waals surface area (Å²) < 4.78 is 0. The van der Waals surface area contributed by atoms with E-state index in [2.05, 4.69) is 0 Å². The normalized spacial score (nSPS) is 16.4. The van der Waals surface area contributed by atoms with E-state index in [1.54, 1.807) is 6.92 Å². The molecule has 0 saturated carbocycles. The summed E-state index contributed by atoms with van der Waals surface area (Å²) in [6.45, 7) is 1.57. The lowest BCUT2D eigenvalue weighted by Crippen LogP contribution is -2.44. The van der Waals surface area contributed by atoms with Crippen LogP contribution in [0.15, 0.2) is 30.3 Å². The number of carboxylic acid groups (broad SMARTS) is 1. The van der Waals surface area contributed by atoms with Gasteiger partial charge in [-0.05, 0) is 18.9 Å². The van der Waals surface area contributed by atoms with E-state index in [0.717, 1.165) is 5.56 Å². The first-order chi connectivity index (χ1) is 7.52. The van der Waals surface area contributed by atoms with E-state index in [-0.39, 0.29) is 0 Å². The van der Waals surface area contributed by atoms with E-state index < -0.39 is 24.0 Å². The van der Waals surface area contributed by atoms with Crippen LogP contribution in [0.5, 0.6) is 0 Å². The van der Waals surface area contributed by atoms with E-state index in [1.807, 2.05) is 30.3 Å². The van der Waals surface area contributed by atoms with E-state index in [0.29, 0.717) is 6.42 Å². The molecule has 0 unspecified atom stereocenters. The van der Waals surface area contributed by atoms with Gasteiger partial charge in [-0.3, -0.25) is 4.79 Å². The van der Waals surface area contributed by atoms with Gasteiger partial charge in [-0.15, -0.1) is 0 Å². The predicted octanol–water partition coefficient (Wildman–Crippen LogP) is 0.638. The van der Waals surface area contributed by atoms with Gasteiger partial charge in [0.2, 0.25) is 0 Å². The minimum Gasteiger partial charge on any atom is -0.480 e. The molecule has 0 amide bonds. The average molecular weight is 223 g/mol. The van der Waals surface area contributed by atoms with Gasteiger partial charge in [0.25, 0.3) is 0 Å². The Balaban J connectivity index is 2.77. The Hall–Kier alpha value is -1.39. The van der Waals surface area contributed by atoms with Crippen molar-refractivity contribution in [3.63, 3.8) is 0 Å². The smallest absolute Gasteiger partial charge is 0.320 e. The van der Waals surface area contributed by atoms with Crippen LogP contribution in [0.25, 0.3) is 0 Å². The highest BCUT2D eigenvalue weighted by Gasteiger charge is 2.28. The van der Waals surface area contributed by atoms with Gasteiger partial charge < -0.3 is 15.9 Å². The van der Waals surface area contributed by atoms with Crippen molar-refractivity contribution >= 4 is 5.97 Å². The molecule has 0 spiro atoms. The number of carbonyl (C=O) groups is 1. The monoisotopic (exact) mass is 223 g/mol. The topological polar surface area (TPSA) is 83.5 Å². The number of rotatable bonds is 5. The van der Waals surface area contributed by atoms with Crippen molar-refractivity contribution < 1.29 is 15.0 Å². The number of benzene rings is 1. The van der Waals surface area contributed by atoms with E-state index in [4.69, 9.17) is 10.8 Å². The molecule has 16 heavy (non-hydrogen) atoms. The third kappa shape index (κ3) is 3.32. The molecule has 0 fully saturated rings. The fraction of sp³-hybridized carbons (Fsp3) is 0.417. The van der Waals surface area contributed by atoms with Crippen LogP contribution in [-0.4, -0.2) is 28.3 Å². The zero-order chi connectivity index (χ0) is 12.1. The van der Waals surface area contributed by atoms with Crippen LogP contribution >= 0.6 is 0 Å². The quantitative estimate of drug-likeness (QED) is 0.684. The molecule has 3 atom stereocenters. The van der Waals surface area contributed by atoms with Gasteiger partial charge in [0, 0.05) is 5.92 Å². The largest absolute Gasteiger partial charge is 0.480 e. The minimum atomic E-state index is -1.08. The summed E-state index contributed by atoms with van der Waals surface area (Å²) in [6.07, 6.45) is -0.280. The molecule has 1 rings (SSSR count). The Bertz CT molecular complexity index is 337. The second-order valence-corrected chi connectivity index (χ2v) is 3.96. The van der Waals surface area contributed by atoms with Gasteiger partial charge in [0.1, 0.15) is 6.04 Å². The Labute approximate surface area is 94.7 Å². The second-order valence-electron chi connectivity index (χ2n) is 3.96. The Morgan fingerprint density at radius 1 is 1.38 bits per heavy atom. The zero-order valence-corrected chi connectivity index (χ0v) is 9.21. The third-order valence-corrected chi connectivity index (χ3v) is 2.68. The highest BCUT2D eigenvalue weighted by Crippen LogP contribution is 2.15. The van der Waals surface area contributed by atoms with Crippen molar-refractivity contribution in [2.24, 2.45) is 11.7 Å². The lowest BCUT2D eigenvalue weighted by atomic mass is 9.88. The molecule has 88 valence electrons. The van der Waals surface area contributed by atoms with Crippen LogP contribution in [0.4, 0.5) is 0 Å². The molecule has 0 aliphatic rings. The van der Waals surface area contributed by atoms with Gasteiger partial charge in [-0.25, -0.2) is 0 Å². The van der Waals surface area contributed by atoms with Crippen molar-refractivity contribution in [2.45, 2.75) is 25.5 Å². The number of nitrogens with two attached hydrogens (primary N) is 1. The molecular formula is C12H17NO3. The summed E-state index contributed by atoms with van der Waals surface area (Å²) in [5, 5.41) is 18.4. The molecule has 0 aromatic heterocycles. The molecule has 0 aliphatic heterocycles. The Morgan fingerprint density at radius 2 is 1.94 bits per heavy atom. The number of aliphatic carboxylic acids is 1. The van der Waals surface area contributed by atoms with Crippen LogP contribution in [-0.2, 0) is 11.2 Å².